The molecule has 1 saturated carbocycles. The van der Waals surface area contributed by atoms with Crippen molar-refractivity contribution in [2.75, 3.05) is 32.8 Å². The summed E-state index contributed by atoms with van der Waals surface area (Å²) in [5.41, 5.74) is -1.76. The minimum absolute atomic E-state index is 0.0328. The van der Waals surface area contributed by atoms with Crippen molar-refractivity contribution in [2.24, 2.45) is 11.8 Å². The minimum atomic E-state index is -4.95. The molecule has 1 aliphatic carbocycles. The van der Waals surface area contributed by atoms with Crippen LogP contribution in [0.25, 0.3) is 0 Å². The van der Waals surface area contributed by atoms with Gasteiger partial charge in [0.15, 0.2) is 6.10 Å². The maximum absolute atomic E-state index is 13.8. The van der Waals surface area contributed by atoms with Crippen molar-refractivity contribution in [2.45, 2.75) is 96.9 Å². The normalized spacial score (nSPS) is 19.2. The Bertz CT molecular complexity index is 1800. The first-order valence-corrected chi connectivity index (χ1v) is 18.7. The number of fused-ring (bicyclic) bond motifs is 1. The van der Waals surface area contributed by atoms with Gasteiger partial charge in [0.05, 0.1) is 24.3 Å². The molecule has 0 bridgehead atoms. The van der Waals surface area contributed by atoms with Gasteiger partial charge in [-0.05, 0) is 98.0 Å². The first kappa shape index (κ1) is 42.7. The summed E-state index contributed by atoms with van der Waals surface area (Å²) in [7, 11) is 0. The van der Waals surface area contributed by atoms with E-state index in [1.54, 1.807) is 49.6 Å². The highest BCUT2D eigenvalue weighted by Gasteiger charge is 2.60. The fourth-order valence-electron chi connectivity index (χ4n) is 7.06. The number of likely N-dealkylation sites (tertiary alicyclic amines) is 1. The van der Waals surface area contributed by atoms with Gasteiger partial charge in [-0.15, -0.1) is 0 Å². The van der Waals surface area contributed by atoms with Gasteiger partial charge in [0, 0.05) is 32.1 Å². The number of piperidine rings is 1. The molecule has 8 nitrogen and oxygen atoms in total. The molecular weight excluding hydrogens is 742 g/mol. The summed E-state index contributed by atoms with van der Waals surface area (Å²) in [4.78, 5) is 29.6. The Balaban J connectivity index is 1.19. The standard InChI is InChI=1S/C42H50F6N2O6/c1-8-53-37(51)35(55-31-17-13-28(14-18-31)39(2,3)4)21-26-9-15-30(16-10-26)54-20-19-50(38(52)56-40(5,6)7)36-32-24-49(25-33(32)36)23-27-11-12-29(41(43,44)45)22-34(27)42(46,47)48/h9-18,22,32-33,35-36H,8,19-21,23-25H2,1-7H3/t32-,33?,35+,36+/m1/s1. The third-order valence-electron chi connectivity index (χ3n) is 9.84. The molecule has 306 valence electrons. The zero-order valence-electron chi connectivity index (χ0n) is 32.7. The topological polar surface area (TPSA) is 77.5 Å². The van der Waals surface area contributed by atoms with Crippen molar-refractivity contribution < 1.29 is 54.9 Å². The van der Waals surface area contributed by atoms with Gasteiger partial charge in [0.1, 0.15) is 23.7 Å². The number of benzene rings is 3. The van der Waals surface area contributed by atoms with E-state index in [0.717, 1.165) is 17.2 Å². The van der Waals surface area contributed by atoms with Crippen LogP contribution < -0.4 is 9.47 Å². The first-order chi connectivity index (χ1) is 26.0. The van der Waals surface area contributed by atoms with Gasteiger partial charge in [-0.25, -0.2) is 9.59 Å². The van der Waals surface area contributed by atoms with E-state index < -0.39 is 47.2 Å². The lowest BCUT2D eigenvalue weighted by atomic mass is 9.87. The number of amides is 1. The van der Waals surface area contributed by atoms with Crippen LogP contribution in [-0.4, -0.2) is 72.5 Å². The lowest BCUT2D eigenvalue weighted by Gasteiger charge is -2.30. The Morgan fingerprint density at radius 3 is 1.93 bits per heavy atom. The predicted molar refractivity (Wildman–Crippen MR) is 197 cm³/mol. The largest absolute Gasteiger partial charge is 0.492 e. The quantitative estimate of drug-likeness (QED) is 0.126. The molecule has 1 aliphatic heterocycles. The second kappa shape index (κ2) is 16.6. The highest BCUT2D eigenvalue weighted by Crippen LogP contribution is 2.50. The number of hydrogen-bond donors (Lipinski definition) is 0. The van der Waals surface area contributed by atoms with Crippen molar-refractivity contribution in [1.29, 1.82) is 0 Å². The highest BCUT2D eigenvalue weighted by atomic mass is 19.4. The van der Waals surface area contributed by atoms with Crippen LogP contribution in [0.3, 0.4) is 0 Å². The van der Waals surface area contributed by atoms with E-state index >= 15 is 0 Å². The Labute approximate surface area is 324 Å². The van der Waals surface area contributed by atoms with E-state index in [1.165, 1.54) is 0 Å². The van der Waals surface area contributed by atoms with Crippen LogP contribution in [-0.2, 0) is 45.0 Å². The van der Waals surface area contributed by atoms with E-state index in [0.29, 0.717) is 30.7 Å². The molecule has 0 radical (unpaired) electrons. The average molecular weight is 793 g/mol. The molecule has 0 N–H and O–H groups in total. The molecule has 4 atom stereocenters. The molecule has 0 spiro atoms. The molecule has 1 heterocycles. The van der Waals surface area contributed by atoms with E-state index in [1.807, 2.05) is 36.4 Å². The Morgan fingerprint density at radius 1 is 0.804 bits per heavy atom. The number of nitrogens with zero attached hydrogens (tertiary/aromatic N) is 2. The number of esters is 1. The van der Waals surface area contributed by atoms with E-state index in [2.05, 4.69) is 20.8 Å². The Morgan fingerprint density at radius 2 is 1.39 bits per heavy atom. The fourth-order valence-corrected chi connectivity index (χ4v) is 7.06. The average Bonchev–Trinajstić information content (AvgIpc) is 3.56. The summed E-state index contributed by atoms with van der Waals surface area (Å²) < 4.78 is 104. The highest BCUT2D eigenvalue weighted by molar-refractivity contribution is 5.75. The second-order valence-electron chi connectivity index (χ2n) is 16.4. The van der Waals surface area contributed by atoms with Gasteiger partial charge >= 0.3 is 24.4 Å². The maximum atomic E-state index is 13.8. The van der Waals surface area contributed by atoms with Crippen molar-refractivity contribution in [3.63, 3.8) is 0 Å². The third-order valence-corrected chi connectivity index (χ3v) is 9.84. The van der Waals surface area contributed by atoms with Gasteiger partial charge in [-0.1, -0.05) is 51.1 Å². The number of carbonyl (C=O) groups is 2. The van der Waals surface area contributed by atoms with Crippen molar-refractivity contribution >= 4 is 12.1 Å². The minimum Gasteiger partial charge on any atom is -0.492 e. The molecule has 3 aromatic carbocycles. The van der Waals surface area contributed by atoms with Crippen LogP contribution in [0.1, 0.15) is 76.3 Å². The predicted octanol–water partition coefficient (Wildman–Crippen LogP) is 9.32. The maximum Gasteiger partial charge on any atom is 0.416 e. The number of ether oxygens (including phenoxy) is 4. The van der Waals surface area contributed by atoms with Crippen LogP contribution in [0, 0.1) is 11.8 Å². The van der Waals surface area contributed by atoms with Gasteiger partial charge in [0.2, 0.25) is 0 Å². The molecule has 5 rings (SSSR count). The molecule has 1 amide bonds. The number of carbonyl (C=O) groups excluding carboxylic acids is 2. The second-order valence-corrected chi connectivity index (χ2v) is 16.4. The van der Waals surface area contributed by atoms with Crippen molar-refractivity contribution in [3.8, 4) is 11.5 Å². The summed E-state index contributed by atoms with van der Waals surface area (Å²) in [5.74, 6) is 0.512. The van der Waals surface area contributed by atoms with Gasteiger partial charge < -0.3 is 23.8 Å². The first-order valence-electron chi connectivity index (χ1n) is 18.7. The molecule has 2 aliphatic rings. The summed E-state index contributed by atoms with van der Waals surface area (Å²) >= 11 is 0. The number of rotatable bonds is 13. The van der Waals surface area contributed by atoms with E-state index in [-0.39, 0.29) is 67.6 Å². The number of alkyl halides is 6. The SMILES string of the molecule is CCOC(=O)[C@H](Cc1ccc(OCCN(C(=O)OC(C)(C)C)[C@@H]2C3CN(Cc4ccc(C(F)(F)F)cc4C(F)(F)F)C[C@H]32)cc1)Oc1ccc(C(C)(C)C)cc1. The van der Waals surface area contributed by atoms with Crippen molar-refractivity contribution in [1.82, 2.24) is 9.80 Å². The molecule has 1 unspecified atom stereocenters. The van der Waals surface area contributed by atoms with Gasteiger partial charge in [0.25, 0.3) is 0 Å². The molecule has 3 aromatic rings. The van der Waals surface area contributed by atoms with Crippen LogP contribution in [0.15, 0.2) is 66.7 Å². The summed E-state index contributed by atoms with van der Waals surface area (Å²) in [6, 6.07) is 16.3. The Kier molecular flexibility index (Phi) is 12.6. The van der Waals surface area contributed by atoms with Crippen LogP contribution >= 0.6 is 0 Å². The molecule has 56 heavy (non-hydrogen) atoms. The van der Waals surface area contributed by atoms with Gasteiger partial charge in [-0.3, -0.25) is 4.90 Å². The molecule has 14 heteroatoms. The fraction of sp³-hybridized carbons (Fsp3) is 0.524. The zero-order valence-corrected chi connectivity index (χ0v) is 32.7. The molecule has 2 fully saturated rings. The molecule has 1 saturated heterocycles. The summed E-state index contributed by atoms with van der Waals surface area (Å²) in [6.07, 6.45) is -11.0. The van der Waals surface area contributed by atoms with Crippen LogP contribution in [0.2, 0.25) is 0 Å². The Hall–Kier alpha value is -4.46. The molecule has 0 aromatic heterocycles. The molecular formula is C42H50F6N2O6. The number of halogens is 6. The lowest BCUT2D eigenvalue weighted by molar-refractivity contribution is -0.151. The smallest absolute Gasteiger partial charge is 0.416 e. The third kappa shape index (κ3) is 11.1. The van der Waals surface area contributed by atoms with Crippen LogP contribution in [0.5, 0.6) is 11.5 Å². The van der Waals surface area contributed by atoms with E-state index in [4.69, 9.17) is 18.9 Å². The summed E-state index contributed by atoms with van der Waals surface area (Å²) in [6.45, 7) is 14.4. The monoisotopic (exact) mass is 792 g/mol. The summed E-state index contributed by atoms with van der Waals surface area (Å²) in [5, 5.41) is 0. The van der Waals surface area contributed by atoms with E-state index in [9.17, 15) is 35.9 Å². The van der Waals surface area contributed by atoms with Gasteiger partial charge in [-0.2, -0.15) is 26.3 Å². The van der Waals surface area contributed by atoms with Crippen molar-refractivity contribution in [3.05, 3.63) is 94.5 Å². The zero-order chi connectivity index (χ0) is 41.2. The van der Waals surface area contributed by atoms with Crippen LogP contribution in [0.4, 0.5) is 31.1 Å². The lowest BCUT2D eigenvalue weighted by Crippen LogP contribution is -2.43. The number of hydrogen-bond acceptors (Lipinski definition) is 7.